The third-order valence-corrected chi connectivity index (χ3v) is 4.20. The van der Waals surface area contributed by atoms with Crippen LogP contribution in [0.2, 0.25) is 0 Å². The Morgan fingerprint density at radius 3 is 2.62 bits per heavy atom. The van der Waals surface area contributed by atoms with Crippen molar-refractivity contribution in [3.05, 3.63) is 59.7 Å². The standard InChI is InChI=1S/C21H27N3O2/c1-21(2,3)26-20(25)24-14-8-11-16-9-7-10-17(19(16)24)15-22-23-18-12-5-4-6-13-18/h4-7,9-10,12-13,22-23H,8,11,14-15H2,1-3H3. The van der Waals surface area contributed by atoms with Crippen LogP contribution in [-0.4, -0.2) is 18.2 Å². The van der Waals surface area contributed by atoms with Crippen LogP contribution >= 0.6 is 0 Å². The highest BCUT2D eigenvalue weighted by atomic mass is 16.6. The van der Waals surface area contributed by atoms with E-state index in [1.807, 2.05) is 51.1 Å². The fraction of sp³-hybridized carbons (Fsp3) is 0.381. The van der Waals surface area contributed by atoms with E-state index in [0.717, 1.165) is 29.8 Å². The zero-order valence-corrected chi connectivity index (χ0v) is 15.7. The van der Waals surface area contributed by atoms with Gasteiger partial charge >= 0.3 is 6.09 Å². The van der Waals surface area contributed by atoms with Gasteiger partial charge in [0.05, 0.1) is 5.69 Å². The van der Waals surface area contributed by atoms with Gasteiger partial charge in [-0.1, -0.05) is 36.4 Å². The fourth-order valence-corrected chi connectivity index (χ4v) is 3.14. The zero-order valence-electron chi connectivity index (χ0n) is 15.7. The molecule has 0 saturated heterocycles. The van der Waals surface area contributed by atoms with Crippen molar-refractivity contribution in [1.82, 2.24) is 5.43 Å². The first kappa shape index (κ1) is 18.3. The maximum Gasteiger partial charge on any atom is 0.414 e. The number of ether oxygens (including phenoxy) is 1. The topological polar surface area (TPSA) is 53.6 Å². The Morgan fingerprint density at radius 2 is 1.88 bits per heavy atom. The number of carbonyl (C=O) groups is 1. The Hall–Kier alpha value is -2.53. The molecule has 0 spiro atoms. The number of nitrogens with one attached hydrogen (secondary N) is 2. The van der Waals surface area contributed by atoms with Crippen LogP contribution in [0.5, 0.6) is 0 Å². The normalized spacial score (nSPS) is 13.9. The van der Waals surface area contributed by atoms with E-state index in [2.05, 4.69) is 29.1 Å². The Labute approximate surface area is 155 Å². The van der Waals surface area contributed by atoms with E-state index >= 15 is 0 Å². The van der Waals surface area contributed by atoms with Gasteiger partial charge in [0.15, 0.2) is 0 Å². The molecule has 5 heteroatoms. The lowest BCUT2D eigenvalue weighted by atomic mass is 9.98. The molecule has 2 aromatic carbocycles. The second-order valence-electron chi connectivity index (χ2n) is 7.50. The van der Waals surface area contributed by atoms with Crippen molar-refractivity contribution >= 4 is 17.5 Å². The highest BCUT2D eigenvalue weighted by Crippen LogP contribution is 2.32. The lowest BCUT2D eigenvalue weighted by Gasteiger charge is -2.33. The van der Waals surface area contributed by atoms with Crippen LogP contribution in [0, 0.1) is 0 Å². The van der Waals surface area contributed by atoms with Gasteiger partial charge in [0.1, 0.15) is 5.60 Å². The second-order valence-corrected chi connectivity index (χ2v) is 7.50. The molecule has 0 aromatic heterocycles. The Balaban J connectivity index is 1.76. The van der Waals surface area contributed by atoms with Gasteiger partial charge in [0.2, 0.25) is 0 Å². The van der Waals surface area contributed by atoms with Gasteiger partial charge in [-0.2, -0.15) is 0 Å². The molecule has 138 valence electrons. The predicted octanol–water partition coefficient (Wildman–Crippen LogP) is 4.49. The first-order valence-corrected chi connectivity index (χ1v) is 9.09. The van der Waals surface area contributed by atoms with E-state index in [4.69, 9.17) is 4.74 Å². The number of amides is 1. The second kappa shape index (κ2) is 7.79. The first-order chi connectivity index (χ1) is 12.4. The van der Waals surface area contributed by atoms with Crippen molar-refractivity contribution in [2.24, 2.45) is 0 Å². The lowest BCUT2D eigenvalue weighted by molar-refractivity contribution is 0.0577. The third-order valence-electron chi connectivity index (χ3n) is 4.20. The summed E-state index contributed by atoms with van der Waals surface area (Å²) in [5.41, 5.74) is 10.2. The molecule has 0 radical (unpaired) electrons. The molecule has 3 rings (SSSR count). The number of benzene rings is 2. The van der Waals surface area contributed by atoms with E-state index in [9.17, 15) is 4.79 Å². The van der Waals surface area contributed by atoms with Crippen molar-refractivity contribution in [1.29, 1.82) is 0 Å². The number of aryl methyl sites for hydroxylation is 1. The number of hydrogen-bond donors (Lipinski definition) is 2. The number of hydrogen-bond acceptors (Lipinski definition) is 4. The SMILES string of the molecule is CC(C)(C)OC(=O)N1CCCc2cccc(CNNc3ccccc3)c21. The Kier molecular flexibility index (Phi) is 5.47. The number of anilines is 2. The molecule has 1 heterocycles. The van der Waals surface area contributed by atoms with Crippen LogP contribution < -0.4 is 15.8 Å². The van der Waals surface area contributed by atoms with Crippen LogP contribution in [-0.2, 0) is 17.7 Å². The van der Waals surface area contributed by atoms with E-state index in [0.29, 0.717) is 13.1 Å². The number of fused-ring (bicyclic) bond motifs is 1. The summed E-state index contributed by atoms with van der Waals surface area (Å²) >= 11 is 0. The van der Waals surface area contributed by atoms with E-state index < -0.39 is 5.60 Å². The number of para-hydroxylation sites is 2. The molecule has 1 amide bonds. The van der Waals surface area contributed by atoms with E-state index in [1.54, 1.807) is 4.90 Å². The Morgan fingerprint density at radius 1 is 1.12 bits per heavy atom. The summed E-state index contributed by atoms with van der Waals surface area (Å²) in [7, 11) is 0. The lowest BCUT2D eigenvalue weighted by Crippen LogP contribution is -2.40. The van der Waals surface area contributed by atoms with Gasteiger partial charge in [0, 0.05) is 18.8 Å². The van der Waals surface area contributed by atoms with Crippen LogP contribution in [0.15, 0.2) is 48.5 Å². The van der Waals surface area contributed by atoms with Crippen LogP contribution in [0.4, 0.5) is 16.2 Å². The summed E-state index contributed by atoms with van der Waals surface area (Å²) in [6, 6.07) is 16.2. The number of carbonyl (C=O) groups excluding carboxylic acids is 1. The Bertz CT molecular complexity index is 754. The van der Waals surface area contributed by atoms with Crippen molar-refractivity contribution in [2.75, 3.05) is 16.9 Å². The molecular formula is C21H27N3O2. The maximum atomic E-state index is 12.7. The molecule has 0 unspecified atom stereocenters. The minimum Gasteiger partial charge on any atom is -0.443 e. The van der Waals surface area contributed by atoms with Crippen molar-refractivity contribution in [2.45, 2.75) is 45.8 Å². The minimum atomic E-state index is -0.503. The molecular weight excluding hydrogens is 326 g/mol. The van der Waals surface area contributed by atoms with Gasteiger partial charge in [0.25, 0.3) is 0 Å². The maximum absolute atomic E-state index is 12.7. The van der Waals surface area contributed by atoms with Crippen LogP contribution in [0.3, 0.4) is 0 Å². The monoisotopic (exact) mass is 353 g/mol. The number of hydrazine groups is 1. The summed E-state index contributed by atoms with van der Waals surface area (Å²) in [4.78, 5) is 14.5. The van der Waals surface area contributed by atoms with Gasteiger partial charge < -0.3 is 10.2 Å². The van der Waals surface area contributed by atoms with Crippen molar-refractivity contribution in [3.8, 4) is 0 Å². The van der Waals surface area contributed by atoms with Crippen LogP contribution in [0.1, 0.15) is 38.3 Å². The molecule has 2 aromatic rings. The average Bonchev–Trinajstić information content (AvgIpc) is 2.61. The summed E-state index contributed by atoms with van der Waals surface area (Å²) < 4.78 is 5.61. The number of rotatable bonds is 4. The summed E-state index contributed by atoms with van der Waals surface area (Å²) in [5, 5.41) is 0. The average molecular weight is 353 g/mol. The van der Waals surface area contributed by atoms with Gasteiger partial charge in [-0.15, -0.1) is 0 Å². The molecule has 0 aliphatic carbocycles. The van der Waals surface area contributed by atoms with E-state index in [-0.39, 0.29) is 6.09 Å². The molecule has 0 bridgehead atoms. The van der Waals surface area contributed by atoms with Crippen LogP contribution in [0.25, 0.3) is 0 Å². The molecule has 1 aliphatic rings. The molecule has 26 heavy (non-hydrogen) atoms. The first-order valence-electron chi connectivity index (χ1n) is 9.09. The molecule has 5 nitrogen and oxygen atoms in total. The molecule has 0 fully saturated rings. The molecule has 0 saturated carbocycles. The zero-order chi connectivity index (χ0) is 18.6. The molecule has 2 N–H and O–H groups in total. The molecule has 0 atom stereocenters. The minimum absolute atomic E-state index is 0.276. The predicted molar refractivity (Wildman–Crippen MR) is 105 cm³/mol. The van der Waals surface area contributed by atoms with Crippen molar-refractivity contribution < 1.29 is 9.53 Å². The smallest absolute Gasteiger partial charge is 0.414 e. The largest absolute Gasteiger partial charge is 0.443 e. The van der Waals surface area contributed by atoms with Crippen molar-refractivity contribution in [3.63, 3.8) is 0 Å². The summed E-state index contributed by atoms with van der Waals surface area (Å²) in [6.07, 6.45) is 1.65. The van der Waals surface area contributed by atoms with Gasteiger partial charge in [-0.3, -0.25) is 4.90 Å². The van der Waals surface area contributed by atoms with Gasteiger partial charge in [-0.25, -0.2) is 10.2 Å². The molecule has 1 aliphatic heterocycles. The highest BCUT2D eigenvalue weighted by Gasteiger charge is 2.28. The summed E-state index contributed by atoms with van der Waals surface area (Å²) in [5.74, 6) is 0. The third kappa shape index (κ3) is 4.55. The van der Waals surface area contributed by atoms with E-state index in [1.165, 1.54) is 5.56 Å². The number of nitrogens with zero attached hydrogens (tertiary/aromatic N) is 1. The quantitative estimate of drug-likeness (QED) is 0.795. The summed E-state index contributed by atoms with van der Waals surface area (Å²) in [6.45, 7) is 6.98. The fourth-order valence-electron chi connectivity index (χ4n) is 3.14. The highest BCUT2D eigenvalue weighted by molar-refractivity contribution is 5.90. The van der Waals surface area contributed by atoms with Gasteiger partial charge in [-0.05, 0) is 56.9 Å².